The van der Waals surface area contributed by atoms with Gasteiger partial charge >= 0.3 is 0 Å². The monoisotopic (exact) mass is 487 g/mol. The van der Waals surface area contributed by atoms with Crippen LogP contribution in [0.25, 0.3) is 0 Å². The maximum absolute atomic E-state index is 12.9. The predicted octanol–water partition coefficient (Wildman–Crippen LogP) is 4.66. The lowest BCUT2D eigenvalue weighted by Crippen LogP contribution is -2.32. The fraction of sp³-hybridized carbons (Fsp3) is 0.261. The lowest BCUT2D eigenvalue weighted by atomic mass is 10.1. The maximum atomic E-state index is 12.9. The number of thiophene rings is 1. The summed E-state index contributed by atoms with van der Waals surface area (Å²) in [6, 6.07) is 15.7. The summed E-state index contributed by atoms with van der Waals surface area (Å²) < 4.78 is 27.7. The summed E-state index contributed by atoms with van der Waals surface area (Å²) in [6.07, 6.45) is 0. The molecule has 3 aromatic rings. The molecule has 1 aromatic heterocycles. The smallest absolute Gasteiger partial charge is 0.271 e. The van der Waals surface area contributed by atoms with E-state index in [0.717, 1.165) is 53.7 Å². The van der Waals surface area contributed by atoms with Crippen LogP contribution in [0, 0.1) is 6.92 Å². The van der Waals surface area contributed by atoms with Gasteiger partial charge in [-0.1, -0.05) is 24.3 Å². The van der Waals surface area contributed by atoms with Gasteiger partial charge in [0.2, 0.25) is 0 Å². The minimum absolute atomic E-state index is 0.229. The zero-order chi connectivity index (χ0) is 22.6. The summed E-state index contributed by atoms with van der Waals surface area (Å²) in [5.74, 6) is 2.03. The Balaban J connectivity index is 1.47. The molecule has 0 radical (unpaired) electrons. The van der Waals surface area contributed by atoms with E-state index in [4.69, 9.17) is 0 Å². The molecule has 1 aliphatic rings. The molecule has 9 heteroatoms. The van der Waals surface area contributed by atoms with Gasteiger partial charge in [-0.2, -0.15) is 11.8 Å². The highest BCUT2D eigenvalue weighted by atomic mass is 32.2. The molecule has 1 fully saturated rings. The molecule has 32 heavy (non-hydrogen) atoms. The van der Waals surface area contributed by atoms with E-state index in [2.05, 4.69) is 21.0 Å². The number of sulfonamides is 1. The molecule has 0 unspecified atom stereocenters. The van der Waals surface area contributed by atoms with Crippen molar-refractivity contribution in [3.05, 3.63) is 76.7 Å². The normalized spacial score (nSPS) is 14.8. The molecule has 0 atom stereocenters. The van der Waals surface area contributed by atoms with Gasteiger partial charge in [0.25, 0.3) is 15.9 Å². The number of hydrogen-bond donors (Lipinski definition) is 2. The number of hydrogen-bond acceptors (Lipinski definition) is 6. The van der Waals surface area contributed by atoms with Gasteiger partial charge in [-0.3, -0.25) is 14.4 Å². The van der Waals surface area contributed by atoms with Crippen LogP contribution in [0.3, 0.4) is 0 Å². The van der Waals surface area contributed by atoms with E-state index in [1.54, 1.807) is 41.8 Å². The zero-order valence-electron chi connectivity index (χ0n) is 17.7. The summed E-state index contributed by atoms with van der Waals surface area (Å²) in [5.41, 5.74) is 3.75. The Morgan fingerprint density at radius 3 is 2.59 bits per heavy atom. The first-order valence-corrected chi connectivity index (χ1v) is 13.8. The van der Waals surface area contributed by atoms with E-state index in [1.807, 2.05) is 30.8 Å². The SMILES string of the molecule is Cc1c(CN2CCSCC2)cccc1NC(=O)c1cccc(NS(=O)(=O)c2cccs2)c1. The molecule has 0 spiro atoms. The zero-order valence-corrected chi connectivity index (χ0v) is 20.2. The first kappa shape index (κ1) is 22.8. The van der Waals surface area contributed by atoms with Crippen molar-refractivity contribution in [1.82, 2.24) is 4.90 Å². The third-order valence-corrected chi connectivity index (χ3v) is 9.05. The lowest BCUT2D eigenvalue weighted by molar-refractivity contribution is 0.102. The maximum Gasteiger partial charge on any atom is 0.271 e. The van der Waals surface area contributed by atoms with E-state index in [-0.39, 0.29) is 10.1 Å². The van der Waals surface area contributed by atoms with Crippen LogP contribution in [-0.2, 0) is 16.6 Å². The summed E-state index contributed by atoms with van der Waals surface area (Å²) in [4.78, 5) is 15.4. The number of rotatable bonds is 7. The molecule has 6 nitrogen and oxygen atoms in total. The van der Waals surface area contributed by atoms with Crippen LogP contribution in [0.1, 0.15) is 21.5 Å². The van der Waals surface area contributed by atoms with Crippen molar-refractivity contribution < 1.29 is 13.2 Å². The predicted molar refractivity (Wildman–Crippen MR) is 133 cm³/mol. The molecular formula is C23H25N3O3S3. The fourth-order valence-corrected chi connectivity index (χ4v) is 6.55. The Bertz CT molecular complexity index is 1190. The minimum Gasteiger partial charge on any atom is -0.322 e. The summed E-state index contributed by atoms with van der Waals surface area (Å²) >= 11 is 3.13. The molecule has 0 bridgehead atoms. The number of carbonyl (C=O) groups is 1. The van der Waals surface area contributed by atoms with Gasteiger partial charge in [-0.25, -0.2) is 8.42 Å². The Kier molecular flexibility index (Phi) is 7.20. The number of anilines is 2. The third-order valence-electron chi connectivity index (χ3n) is 5.33. The highest BCUT2D eigenvalue weighted by Gasteiger charge is 2.17. The minimum atomic E-state index is -3.67. The van der Waals surface area contributed by atoms with Crippen molar-refractivity contribution in [2.45, 2.75) is 17.7 Å². The molecule has 4 rings (SSSR count). The quantitative estimate of drug-likeness (QED) is 0.507. The number of carbonyl (C=O) groups excluding carboxylic acids is 1. The third kappa shape index (κ3) is 5.53. The number of nitrogens with one attached hydrogen (secondary N) is 2. The van der Waals surface area contributed by atoms with Gasteiger partial charge in [-0.05, 0) is 53.8 Å². The summed E-state index contributed by atoms with van der Waals surface area (Å²) in [6.45, 7) is 5.05. The largest absolute Gasteiger partial charge is 0.322 e. The molecule has 1 amide bonds. The topological polar surface area (TPSA) is 78.5 Å². The van der Waals surface area contributed by atoms with Gasteiger partial charge in [-0.15, -0.1) is 11.3 Å². The van der Waals surface area contributed by atoms with Crippen LogP contribution in [0.2, 0.25) is 0 Å². The van der Waals surface area contributed by atoms with Crippen LogP contribution < -0.4 is 10.0 Å². The van der Waals surface area contributed by atoms with Crippen molar-refractivity contribution in [1.29, 1.82) is 0 Å². The molecule has 2 heterocycles. The van der Waals surface area contributed by atoms with Gasteiger partial charge in [0.15, 0.2) is 0 Å². The van der Waals surface area contributed by atoms with Crippen LogP contribution in [0.15, 0.2) is 64.2 Å². The highest BCUT2D eigenvalue weighted by molar-refractivity contribution is 7.99. The van der Waals surface area contributed by atoms with Crippen molar-refractivity contribution in [2.24, 2.45) is 0 Å². The number of amides is 1. The average molecular weight is 488 g/mol. The Morgan fingerprint density at radius 2 is 1.84 bits per heavy atom. The first-order chi connectivity index (χ1) is 15.4. The van der Waals surface area contributed by atoms with E-state index in [1.165, 1.54) is 5.56 Å². The average Bonchev–Trinajstić information content (AvgIpc) is 3.33. The fourth-order valence-electron chi connectivity index (χ4n) is 3.53. The van der Waals surface area contributed by atoms with Crippen molar-refractivity contribution >= 4 is 50.4 Å². The Labute approximate surface area is 197 Å². The van der Waals surface area contributed by atoms with E-state index < -0.39 is 10.0 Å². The number of nitrogens with zero attached hydrogens (tertiary/aromatic N) is 1. The van der Waals surface area contributed by atoms with E-state index >= 15 is 0 Å². The molecular weight excluding hydrogens is 462 g/mol. The van der Waals surface area contributed by atoms with E-state index in [9.17, 15) is 13.2 Å². The number of benzene rings is 2. The highest BCUT2D eigenvalue weighted by Crippen LogP contribution is 2.24. The van der Waals surface area contributed by atoms with Crippen LogP contribution in [0.4, 0.5) is 11.4 Å². The summed E-state index contributed by atoms with van der Waals surface area (Å²) in [7, 11) is -3.67. The van der Waals surface area contributed by atoms with Crippen LogP contribution in [0.5, 0.6) is 0 Å². The van der Waals surface area contributed by atoms with Crippen LogP contribution in [-0.4, -0.2) is 43.8 Å². The Morgan fingerprint density at radius 1 is 1.06 bits per heavy atom. The van der Waals surface area contributed by atoms with E-state index in [0.29, 0.717) is 11.3 Å². The Hall–Kier alpha value is -2.33. The van der Waals surface area contributed by atoms with Crippen LogP contribution >= 0.6 is 23.1 Å². The standard InChI is InChI=1S/C23H25N3O3S3/c1-17-19(16-26-10-13-30-14-11-26)6-3-8-21(17)24-23(27)18-5-2-7-20(15-18)25-32(28,29)22-9-4-12-31-22/h2-9,12,15,25H,10-11,13-14,16H2,1H3,(H,24,27). The molecule has 0 saturated carbocycles. The summed E-state index contributed by atoms with van der Waals surface area (Å²) in [5, 5.41) is 4.69. The van der Waals surface area contributed by atoms with Gasteiger partial charge in [0.1, 0.15) is 4.21 Å². The molecule has 1 aliphatic heterocycles. The van der Waals surface area contributed by atoms with Crippen molar-refractivity contribution in [2.75, 3.05) is 34.6 Å². The first-order valence-electron chi connectivity index (χ1n) is 10.3. The second kappa shape index (κ2) is 10.1. The molecule has 168 valence electrons. The van der Waals surface area contributed by atoms with Gasteiger partial charge in [0, 0.05) is 48.1 Å². The lowest BCUT2D eigenvalue weighted by Gasteiger charge is -2.27. The second-order valence-corrected chi connectivity index (χ2v) is 11.6. The number of thioether (sulfide) groups is 1. The molecule has 1 saturated heterocycles. The van der Waals surface area contributed by atoms with Crippen molar-refractivity contribution in [3.8, 4) is 0 Å². The van der Waals surface area contributed by atoms with Gasteiger partial charge < -0.3 is 5.32 Å². The molecule has 2 N–H and O–H groups in total. The molecule has 2 aromatic carbocycles. The molecule has 0 aliphatic carbocycles. The van der Waals surface area contributed by atoms with Crippen molar-refractivity contribution in [3.63, 3.8) is 0 Å². The second-order valence-electron chi connectivity index (χ2n) is 7.55. The van der Waals surface area contributed by atoms with Gasteiger partial charge in [0.05, 0.1) is 0 Å².